The van der Waals surface area contributed by atoms with Crippen molar-refractivity contribution in [3.05, 3.63) is 5.01 Å². The number of anilines is 1. The van der Waals surface area contributed by atoms with Crippen molar-refractivity contribution in [2.45, 2.75) is 20.3 Å². The molecule has 0 aliphatic heterocycles. The fraction of sp³-hybridized carbons (Fsp3) is 0.600. The van der Waals surface area contributed by atoms with Crippen molar-refractivity contribution in [3.63, 3.8) is 0 Å². The van der Waals surface area contributed by atoms with Crippen LogP contribution in [0.3, 0.4) is 0 Å². The number of rotatable bonds is 8. The first-order valence-electron chi connectivity index (χ1n) is 6.03. The van der Waals surface area contributed by atoms with Gasteiger partial charge in [-0.3, -0.25) is 0 Å². The second-order valence-corrected chi connectivity index (χ2v) is 10.3. The van der Waals surface area contributed by atoms with Crippen molar-refractivity contribution < 1.29 is 14.7 Å². The van der Waals surface area contributed by atoms with Crippen LogP contribution in [-0.2, 0) is 27.9 Å². The van der Waals surface area contributed by atoms with Crippen LogP contribution in [0.1, 0.15) is 18.9 Å². The lowest BCUT2D eigenvalue weighted by atomic mass is 10.5. The van der Waals surface area contributed by atoms with Gasteiger partial charge in [-0.2, -0.15) is 4.37 Å². The number of aromatic nitrogens is 2. The predicted octanol–water partition coefficient (Wildman–Crippen LogP) is 1.60. The Kier molecular flexibility index (Phi) is 6.51. The van der Waals surface area contributed by atoms with Gasteiger partial charge in [0, 0.05) is 12.5 Å². The average Bonchev–Trinajstić information content (AvgIpc) is 2.83. The van der Waals surface area contributed by atoms with Crippen LogP contribution >= 0.6 is 17.6 Å². The maximum absolute atomic E-state index is 11.2. The summed E-state index contributed by atoms with van der Waals surface area (Å²) >= 11 is 6.62. The Hall–Kier alpha value is -1.05. The fourth-order valence-corrected chi connectivity index (χ4v) is 3.90. The summed E-state index contributed by atoms with van der Waals surface area (Å²) in [5.74, 6) is -0.871. The van der Waals surface area contributed by atoms with Gasteiger partial charge in [0.1, 0.15) is 11.6 Å². The normalized spacial score (nSPS) is 12.4. The molecule has 20 heavy (non-hydrogen) atoms. The van der Waals surface area contributed by atoms with Crippen LogP contribution in [0.5, 0.6) is 0 Å². The van der Waals surface area contributed by atoms with Gasteiger partial charge in [-0.1, -0.05) is 30.8 Å². The summed E-state index contributed by atoms with van der Waals surface area (Å²) in [6, 6.07) is -2.14. The lowest BCUT2D eigenvalue weighted by molar-refractivity contribution is -0.129. The third kappa shape index (κ3) is 4.50. The van der Waals surface area contributed by atoms with Crippen molar-refractivity contribution >= 4 is 46.7 Å². The Morgan fingerprint density at radius 3 is 2.65 bits per heavy atom. The number of carbonyl (C=O) groups is 1. The van der Waals surface area contributed by atoms with E-state index in [1.165, 1.54) is 11.5 Å². The van der Waals surface area contributed by atoms with Crippen molar-refractivity contribution in [2.24, 2.45) is 5.16 Å². The first-order valence-corrected chi connectivity index (χ1v) is 9.97. The van der Waals surface area contributed by atoms with Gasteiger partial charge in [-0.15, -0.1) is 0 Å². The van der Waals surface area contributed by atoms with Gasteiger partial charge < -0.3 is 15.7 Å². The quantitative estimate of drug-likeness (QED) is 0.321. The monoisotopic (exact) mass is 336 g/mol. The Balaban J connectivity index is 2.65. The molecule has 0 aromatic carbocycles. The molecule has 0 atom stereocenters. The molecule has 1 aromatic rings. The first-order chi connectivity index (χ1) is 9.42. The van der Waals surface area contributed by atoms with Gasteiger partial charge in [0.05, 0.1) is 0 Å². The highest BCUT2D eigenvalue weighted by Gasteiger charge is 2.27. The van der Waals surface area contributed by atoms with E-state index in [0.29, 0.717) is 18.7 Å². The van der Waals surface area contributed by atoms with E-state index in [1.807, 2.05) is 13.8 Å². The van der Waals surface area contributed by atoms with E-state index >= 15 is 0 Å². The average molecular weight is 336 g/mol. The molecule has 0 fully saturated rings. The number of hydrogen-bond acceptors (Lipinski definition) is 8. The second-order valence-electron chi connectivity index (χ2n) is 3.87. The van der Waals surface area contributed by atoms with Gasteiger partial charge in [0.25, 0.3) is 0 Å². The van der Waals surface area contributed by atoms with E-state index in [4.69, 9.17) is 22.4 Å². The topological polar surface area (TPSA) is 111 Å². The van der Waals surface area contributed by atoms with Crippen LogP contribution < -0.4 is 5.73 Å². The van der Waals surface area contributed by atoms with Gasteiger partial charge in [0.15, 0.2) is 5.45 Å². The van der Waals surface area contributed by atoms with Crippen molar-refractivity contribution in [1.82, 2.24) is 9.36 Å². The molecule has 10 heteroatoms. The van der Waals surface area contributed by atoms with Gasteiger partial charge >= 0.3 is 5.97 Å². The zero-order valence-corrected chi connectivity index (χ0v) is 13.8. The summed E-state index contributed by atoms with van der Waals surface area (Å²) in [5.41, 5.74) is 5.38. The van der Waals surface area contributed by atoms with E-state index in [1.54, 1.807) is 0 Å². The summed E-state index contributed by atoms with van der Waals surface area (Å²) < 4.78 is 3.84. The number of nitrogens with zero attached hydrogens (tertiary/aromatic N) is 3. The fourth-order valence-electron chi connectivity index (χ4n) is 1.42. The van der Waals surface area contributed by atoms with Crippen molar-refractivity contribution in [3.8, 4) is 0 Å². The molecule has 0 bridgehead atoms. The summed E-state index contributed by atoms with van der Waals surface area (Å²) in [4.78, 5) is 20.3. The number of nitrogens with two attached hydrogens (primary N) is 1. The molecular weight excluding hydrogens is 319 g/mol. The maximum atomic E-state index is 11.2. The molecular formula is C10H17N4O3PS2. The van der Waals surface area contributed by atoms with E-state index in [9.17, 15) is 9.90 Å². The first kappa shape index (κ1) is 17.0. The van der Waals surface area contributed by atoms with E-state index in [2.05, 4.69) is 14.5 Å². The Morgan fingerprint density at radius 1 is 1.55 bits per heavy atom. The number of hydrogen-bond donors (Lipinski definition) is 2. The van der Waals surface area contributed by atoms with Crippen LogP contribution in [0.25, 0.3) is 0 Å². The summed E-state index contributed by atoms with van der Waals surface area (Å²) in [7, 11) is 0. The molecule has 0 aliphatic rings. The number of nitrogen functional groups attached to an aromatic ring is 1. The molecule has 0 spiro atoms. The number of aliphatic carboxylic acids is 1. The van der Waals surface area contributed by atoms with Crippen LogP contribution in [0, 0.1) is 0 Å². The third-order valence-electron chi connectivity index (χ3n) is 2.64. The van der Waals surface area contributed by atoms with E-state index < -0.39 is 12.0 Å². The third-order valence-corrected chi connectivity index (χ3v) is 8.58. The predicted molar refractivity (Wildman–Crippen MR) is 84.4 cm³/mol. The standard InChI is InChI=1S/C10H17N4O3PS2/c1-3-18(19,4-2)8(9(15)16)13-17-6-5-7-12-10(11)14-20-7/h3-6H2,1-2H3,(H2,11,14)(H,15,16). The molecule has 0 amide bonds. The molecule has 0 unspecified atom stereocenters. The summed E-state index contributed by atoms with van der Waals surface area (Å²) in [6.07, 6.45) is 1.70. The van der Waals surface area contributed by atoms with Gasteiger partial charge in [-0.25, -0.2) is 9.78 Å². The SMILES string of the molecule is CCP(=S)(CC)C(=NOCCc1nc(N)ns1)C(=O)O. The summed E-state index contributed by atoms with van der Waals surface area (Å²) in [5, 5.41) is 13.7. The maximum Gasteiger partial charge on any atom is 0.359 e. The molecule has 0 saturated heterocycles. The molecule has 1 aromatic heterocycles. The largest absolute Gasteiger partial charge is 0.476 e. The Labute approximate surface area is 126 Å². The highest BCUT2D eigenvalue weighted by molar-refractivity contribution is 8.23. The molecule has 0 aliphatic carbocycles. The van der Waals surface area contributed by atoms with E-state index in [0.717, 1.165) is 5.01 Å². The van der Waals surface area contributed by atoms with Crippen LogP contribution in [0.15, 0.2) is 5.16 Å². The van der Waals surface area contributed by atoms with Crippen molar-refractivity contribution in [2.75, 3.05) is 24.7 Å². The zero-order chi connectivity index (χ0) is 15.2. The van der Waals surface area contributed by atoms with E-state index in [-0.39, 0.29) is 18.0 Å². The van der Waals surface area contributed by atoms with Crippen LogP contribution in [0.2, 0.25) is 0 Å². The van der Waals surface area contributed by atoms with Crippen molar-refractivity contribution in [1.29, 1.82) is 0 Å². The zero-order valence-electron chi connectivity index (χ0n) is 11.3. The molecule has 112 valence electrons. The Bertz CT molecular complexity index is 538. The minimum absolute atomic E-state index is 0.0192. The molecule has 7 nitrogen and oxygen atoms in total. The second kappa shape index (κ2) is 7.66. The molecule has 3 N–H and O–H groups in total. The smallest absolute Gasteiger partial charge is 0.359 e. The van der Waals surface area contributed by atoms with Gasteiger partial charge in [-0.05, 0) is 23.9 Å². The number of carboxylic acids is 1. The summed E-state index contributed by atoms with van der Waals surface area (Å²) in [6.45, 7) is 3.98. The molecule has 0 radical (unpaired) electrons. The minimum Gasteiger partial charge on any atom is -0.476 e. The molecule has 0 saturated carbocycles. The minimum atomic E-state index is -2.14. The molecule has 1 rings (SSSR count). The van der Waals surface area contributed by atoms with Crippen LogP contribution in [0.4, 0.5) is 5.95 Å². The van der Waals surface area contributed by atoms with Gasteiger partial charge in [0.2, 0.25) is 5.95 Å². The van der Waals surface area contributed by atoms with Crippen LogP contribution in [-0.4, -0.2) is 44.8 Å². The lowest BCUT2D eigenvalue weighted by Gasteiger charge is -2.16. The number of carboxylic acid groups (broad SMARTS) is 1. The molecule has 1 heterocycles. The Morgan fingerprint density at radius 2 is 2.20 bits per heavy atom. The highest BCUT2D eigenvalue weighted by Crippen LogP contribution is 2.46. The lowest BCUT2D eigenvalue weighted by Crippen LogP contribution is -2.17. The highest BCUT2D eigenvalue weighted by atomic mass is 32.4. The number of oxime groups is 1.